The Morgan fingerprint density at radius 1 is 0.850 bits per heavy atom. The molecule has 0 aromatic heterocycles. The molecule has 7 heteroatoms. The first-order valence-corrected chi connectivity index (χ1v) is 5.30. The van der Waals surface area contributed by atoms with Crippen LogP contribution in [0.15, 0.2) is 36.4 Å². The van der Waals surface area contributed by atoms with Crippen LogP contribution in [-0.2, 0) is 0 Å². The lowest BCUT2D eigenvalue weighted by molar-refractivity contribution is -0.275. The molecule has 0 unspecified atom stereocenters. The highest BCUT2D eigenvalue weighted by molar-refractivity contribution is 5.67. The van der Waals surface area contributed by atoms with Crippen molar-refractivity contribution in [2.75, 3.05) is 0 Å². The van der Waals surface area contributed by atoms with E-state index in [-0.39, 0.29) is 11.1 Å². The Morgan fingerprint density at radius 2 is 1.45 bits per heavy atom. The topological polar surface area (TPSA) is 29.5 Å². The van der Waals surface area contributed by atoms with E-state index in [0.717, 1.165) is 24.3 Å². The van der Waals surface area contributed by atoms with Gasteiger partial charge in [0.15, 0.2) is 23.1 Å². The van der Waals surface area contributed by atoms with E-state index in [2.05, 4.69) is 4.74 Å². The number of halogens is 5. The summed E-state index contributed by atoms with van der Waals surface area (Å²) in [5.74, 6) is -3.68. The Labute approximate surface area is 110 Å². The van der Waals surface area contributed by atoms with Crippen molar-refractivity contribution in [3.8, 4) is 22.6 Å². The molecule has 0 atom stereocenters. The minimum atomic E-state index is -4.93. The van der Waals surface area contributed by atoms with Crippen molar-refractivity contribution in [1.82, 2.24) is 0 Å². The van der Waals surface area contributed by atoms with Crippen LogP contribution in [0.4, 0.5) is 22.0 Å². The predicted octanol–water partition coefficient (Wildman–Crippen LogP) is 4.24. The number of alkyl halides is 3. The van der Waals surface area contributed by atoms with Crippen molar-refractivity contribution in [3.63, 3.8) is 0 Å². The molecule has 2 aromatic rings. The van der Waals surface area contributed by atoms with Crippen LogP contribution in [0.5, 0.6) is 11.5 Å². The van der Waals surface area contributed by atoms with Gasteiger partial charge in [0.1, 0.15) is 0 Å². The highest BCUT2D eigenvalue weighted by atomic mass is 19.4. The Bertz CT molecular complexity index is 637. The van der Waals surface area contributed by atoms with Gasteiger partial charge >= 0.3 is 6.36 Å². The minimum Gasteiger partial charge on any atom is -0.504 e. The average Bonchev–Trinajstić information content (AvgIpc) is 2.34. The summed E-state index contributed by atoms with van der Waals surface area (Å²) < 4.78 is 65.5. The van der Waals surface area contributed by atoms with Gasteiger partial charge in [-0.25, -0.2) is 8.78 Å². The number of aromatic hydroxyl groups is 1. The Morgan fingerprint density at radius 3 is 2.00 bits per heavy atom. The van der Waals surface area contributed by atoms with Crippen molar-refractivity contribution < 1.29 is 31.8 Å². The highest BCUT2D eigenvalue weighted by Crippen LogP contribution is 2.35. The van der Waals surface area contributed by atoms with Gasteiger partial charge in [-0.1, -0.05) is 12.1 Å². The summed E-state index contributed by atoms with van der Waals surface area (Å²) in [5, 5.41) is 9.45. The van der Waals surface area contributed by atoms with Crippen LogP contribution >= 0.6 is 0 Å². The molecule has 2 nitrogen and oxygen atoms in total. The lowest BCUT2D eigenvalue weighted by Crippen LogP contribution is -2.17. The molecule has 0 fully saturated rings. The van der Waals surface area contributed by atoms with Crippen LogP contribution in [0.3, 0.4) is 0 Å². The molecule has 0 aliphatic heterocycles. The average molecular weight is 290 g/mol. The maximum Gasteiger partial charge on any atom is 0.573 e. The van der Waals surface area contributed by atoms with E-state index in [1.54, 1.807) is 0 Å². The van der Waals surface area contributed by atoms with E-state index >= 15 is 0 Å². The van der Waals surface area contributed by atoms with Gasteiger partial charge in [0.05, 0.1) is 0 Å². The van der Waals surface area contributed by atoms with Crippen molar-refractivity contribution in [2.45, 2.75) is 6.36 Å². The monoisotopic (exact) mass is 290 g/mol. The first kappa shape index (κ1) is 14.1. The Hall–Kier alpha value is -2.31. The third kappa shape index (κ3) is 3.17. The SMILES string of the molecule is Oc1cc(-c2ccc(F)c(F)c2)ccc1OC(F)(F)F. The lowest BCUT2D eigenvalue weighted by Gasteiger charge is -2.11. The van der Waals surface area contributed by atoms with Gasteiger partial charge in [-0.05, 0) is 35.4 Å². The predicted molar refractivity (Wildman–Crippen MR) is 60.1 cm³/mol. The second-order valence-corrected chi connectivity index (χ2v) is 3.86. The van der Waals surface area contributed by atoms with Crippen molar-refractivity contribution in [3.05, 3.63) is 48.0 Å². The summed E-state index contributed by atoms with van der Waals surface area (Å²) in [4.78, 5) is 0. The molecule has 2 rings (SSSR count). The molecular weight excluding hydrogens is 283 g/mol. The van der Waals surface area contributed by atoms with Gasteiger partial charge < -0.3 is 9.84 Å². The normalized spacial score (nSPS) is 11.4. The summed E-state index contributed by atoms with van der Waals surface area (Å²) >= 11 is 0. The molecule has 0 bridgehead atoms. The summed E-state index contributed by atoms with van der Waals surface area (Å²) in [6, 6.07) is 6.02. The van der Waals surface area contributed by atoms with Crippen molar-refractivity contribution in [2.24, 2.45) is 0 Å². The van der Waals surface area contributed by atoms with Crippen LogP contribution in [0.1, 0.15) is 0 Å². The van der Waals surface area contributed by atoms with Gasteiger partial charge in [0.25, 0.3) is 0 Å². The number of phenols is 1. The second-order valence-electron chi connectivity index (χ2n) is 3.86. The molecule has 0 saturated carbocycles. The quantitative estimate of drug-likeness (QED) is 0.838. The molecule has 0 heterocycles. The maximum absolute atomic E-state index is 13.1. The number of phenolic OH excluding ortho intramolecular Hbond substituents is 1. The smallest absolute Gasteiger partial charge is 0.504 e. The summed E-state index contributed by atoms with van der Waals surface area (Å²) in [6.07, 6.45) is -4.93. The van der Waals surface area contributed by atoms with Crippen LogP contribution in [0.25, 0.3) is 11.1 Å². The Kier molecular flexibility index (Phi) is 3.52. The molecule has 0 saturated heterocycles. The van der Waals surface area contributed by atoms with E-state index in [4.69, 9.17) is 0 Å². The molecular formula is C13H7F5O2. The molecule has 0 aliphatic carbocycles. The summed E-state index contributed by atoms with van der Waals surface area (Å²) in [5.41, 5.74) is 0.425. The molecule has 2 aromatic carbocycles. The van der Waals surface area contributed by atoms with E-state index in [0.29, 0.717) is 0 Å². The number of benzene rings is 2. The zero-order valence-corrected chi connectivity index (χ0v) is 9.71. The second kappa shape index (κ2) is 4.99. The van der Waals surface area contributed by atoms with Gasteiger partial charge in [-0.2, -0.15) is 0 Å². The first-order chi connectivity index (χ1) is 9.26. The fraction of sp³-hybridized carbons (Fsp3) is 0.0769. The summed E-state index contributed by atoms with van der Waals surface area (Å²) in [6.45, 7) is 0. The van der Waals surface area contributed by atoms with Gasteiger partial charge in [-0.15, -0.1) is 13.2 Å². The number of rotatable bonds is 2. The van der Waals surface area contributed by atoms with Gasteiger partial charge in [0.2, 0.25) is 0 Å². The Balaban J connectivity index is 2.35. The fourth-order valence-electron chi connectivity index (χ4n) is 1.58. The zero-order chi connectivity index (χ0) is 14.9. The number of hydrogen-bond acceptors (Lipinski definition) is 2. The molecule has 0 amide bonds. The molecule has 20 heavy (non-hydrogen) atoms. The van der Waals surface area contributed by atoms with E-state index in [1.807, 2.05) is 0 Å². The zero-order valence-electron chi connectivity index (χ0n) is 9.71. The number of hydrogen-bond donors (Lipinski definition) is 1. The van der Waals surface area contributed by atoms with Crippen LogP contribution in [0.2, 0.25) is 0 Å². The minimum absolute atomic E-state index is 0.206. The van der Waals surface area contributed by atoms with E-state index in [9.17, 15) is 27.1 Å². The lowest BCUT2D eigenvalue weighted by atomic mass is 10.0. The third-order valence-corrected chi connectivity index (χ3v) is 2.44. The third-order valence-electron chi connectivity index (χ3n) is 2.44. The largest absolute Gasteiger partial charge is 0.573 e. The first-order valence-electron chi connectivity index (χ1n) is 5.30. The van der Waals surface area contributed by atoms with Crippen LogP contribution < -0.4 is 4.74 Å². The maximum atomic E-state index is 13.1. The van der Waals surface area contributed by atoms with Crippen LogP contribution in [-0.4, -0.2) is 11.5 Å². The molecule has 0 spiro atoms. The fourth-order valence-corrected chi connectivity index (χ4v) is 1.58. The van der Waals surface area contributed by atoms with Crippen LogP contribution in [0, 0.1) is 11.6 Å². The number of ether oxygens (including phenoxy) is 1. The van der Waals surface area contributed by atoms with E-state index in [1.165, 1.54) is 12.1 Å². The van der Waals surface area contributed by atoms with Crippen molar-refractivity contribution >= 4 is 0 Å². The molecule has 1 N–H and O–H groups in total. The standard InChI is InChI=1S/C13H7F5O2/c14-9-3-1-7(5-10(9)15)8-2-4-12(11(19)6-8)20-13(16,17)18/h1-6,19H. The van der Waals surface area contributed by atoms with E-state index < -0.39 is 29.5 Å². The molecule has 0 radical (unpaired) electrons. The van der Waals surface area contributed by atoms with Gasteiger partial charge in [-0.3, -0.25) is 0 Å². The highest BCUT2D eigenvalue weighted by Gasteiger charge is 2.32. The van der Waals surface area contributed by atoms with Gasteiger partial charge in [0, 0.05) is 0 Å². The van der Waals surface area contributed by atoms with Crippen molar-refractivity contribution in [1.29, 1.82) is 0 Å². The molecule has 0 aliphatic rings. The summed E-state index contributed by atoms with van der Waals surface area (Å²) in [7, 11) is 0. The molecule has 106 valence electrons.